The molecule has 4 heterocycles. The lowest BCUT2D eigenvalue weighted by Gasteiger charge is -2.19. The van der Waals surface area contributed by atoms with Crippen molar-refractivity contribution >= 4 is 23.3 Å². The number of nitrogens with zero attached hydrogens (tertiary/aromatic N) is 7. The number of amides is 1. The van der Waals surface area contributed by atoms with Crippen LogP contribution in [-0.2, 0) is 20.0 Å². The quantitative estimate of drug-likeness (QED) is 0.612. The van der Waals surface area contributed by atoms with Crippen molar-refractivity contribution in [3.05, 3.63) is 52.5 Å². The van der Waals surface area contributed by atoms with Gasteiger partial charge in [0.15, 0.2) is 5.69 Å². The van der Waals surface area contributed by atoms with Crippen LogP contribution in [0.3, 0.4) is 0 Å². The number of carbonyl (C=O) groups is 1. The summed E-state index contributed by atoms with van der Waals surface area (Å²) in [5.74, 6) is 2.37. The molecule has 1 saturated carbocycles. The highest BCUT2D eigenvalue weighted by molar-refractivity contribution is 6.30. The minimum atomic E-state index is -0.248. The summed E-state index contributed by atoms with van der Waals surface area (Å²) >= 11 is 6.45. The molecule has 31 heavy (non-hydrogen) atoms. The summed E-state index contributed by atoms with van der Waals surface area (Å²) in [6, 6.07) is 3.91. The van der Waals surface area contributed by atoms with Crippen molar-refractivity contribution < 1.29 is 4.79 Å². The molecule has 6 rings (SSSR count). The van der Waals surface area contributed by atoms with Gasteiger partial charge >= 0.3 is 0 Å². The molecule has 2 aliphatic carbocycles. The van der Waals surface area contributed by atoms with Crippen LogP contribution >= 0.6 is 11.6 Å². The molecular weight excluding hydrogens is 416 g/mol. The summed E-state index contributed by atoms with van der Waals surface area (Å²) in [6.07, 6.45) is 6.53. The average Bonchev–Trinajstić information content (AvgIpc) is 3.22. The summed E-state index contributed by atoms with van der Waals surface area (Å²) in [4.78, 5) is 24.0. The first-order chi connectivity index (χ1) is 15.0. The molecule has 3 aromatic heterocycles. The minimum absolute atomic E-state index is 0.0864. The molecule has 3 aliphatic rings. The van der Waals surface area contributed by atoms with Crippen molar-refractivity contribution in [2.75, 3.05) is 18.0 Å². The average molecular weight is 439 g/mol. The van der Waals surface area contributed by atoms with Gasteiger partial charge in [0.25, 0.3) is 5.91 Å². The number of nitrogens with one attached hydrogen (secondary N) is 1. The van der Waals surface area contributed by atoms with E-state index < -0.39 is 0 Å². The fourth-order valence-electron chi connectivity index (χ4n) is 4.85. The van der Waals surface area contributed by atoms with Gasteiger partial charge in [0.1, 0.15) is 11.0 Å². The summed E-state index contributed by atoms with van der Waals surface area (Å²) in [5.41, 5.74) is 3.24. The standard InChI is InChI=1S/C21H23ClN8O/c1-28-11-23-19-15(3-4-17(19)28)24-21(31)16-10-30(27-26-16)9-12-2-5-18(25-20(12)22)29-7-13-6-14(13)8-29/h2,5,10-11,13-15H,3-4,6-9H2,1H3,(H,24,31)/t13?,14?,15-/m1/s1. The van der Waals surface area contributed by atoms with Crippen molar-refractivity contribution in [3.63, 3.8) is 0 Å². The van der Waals surface area contributed by atoms with Crippen LogP contribution in [0.5, 0.6) is 0 Å². The summed E-state index contributed by atoms with van der Waals surface area (Å²) in [5, 5.41) is 11.6. The lowest BCUT2D eigenvalue weighted by molar-refractivity contribution is 0.0931. The number of hydrogen-bond donors (Lipinski definition) is 1. The highest BCUT2D eigenvalue weighted by Crippen LogP contribution is 2.46. The normalized spacial score (nSPS) is 23.7. The monoisotopic (exact) mass is 438 g/mol. The number of halogens is 1. The Labute approximate surface area is 184 Å². The number of aryl methyl sites for hydroxylation is 1. The van der Waals surface area contributed by atoms with Gasteiger partial charge in [-0.05, 0) is 37.2 Å². The number of anilines is 1. The maximum atomic E-state index is 12.7. The highest BCUT2D eigenvalue weighted by atomic mass is 35.5. The van der Waals surface area contributed by atoms with E-state index in [0.29, 0.717) is 11.7 Å². The number of fused-ring (bicyclic) bond motifs is 2. The molecule has 10 heteroatoms. The molecule has 1 saturated heterocycles. The van der Waals surface area contributed by atoms with Gasteiger partial charge in [0.05, 0.1) is 30.8 Å². The number of hydrogen-bond acceptors (Lipinski definition) is 6. The van der Waals surface area contributed by atoms with Crippen molar-refractivity contribution in [2.45, 2.75) is 31.8 Å². The van der Waals surface area contributed by atoms with Crippen molar-refractivity contribution in [1.29, 1.82) is 0 Å². The van der Waals surface area contributed by atoms with Gasteiger partial charge in [-0.2, -0.15) is 0 Å². The second-order valence-electron chi connectivity index (χ2n) is 8.83. The zero-order valence-electron chi connectivity index (χ0n) is 17.2. The minimum Gasteiger partial charge on any atom is -0.356 e. The lowest BCUT2D eigenvalue weighted by atomic mass is 10.2. The maximum Gasteiger partial charge on any atom is 0.274 e. The van der Waals surface area contributed by atoms with Crippen molar-refractivity contribution in [3.8, 4) is 0 Å². The number of aromatic nitrogens is 6. The lowest BCUT2D eigenvalue weighted by Crippen LogP contribution is -2.27. The van der Waals surface area contributed by atoms with Gasteiger partial charge in [-0.1, -0.05) is 22.9 Å². The van der Waals surface area contributed by atoms with Crippen LogP contribution in [0.15, 0.2) is 24.7 Å². The topological polar surface area (TPSA) is 93.8 Å². The number of imidazole rings is 1. The first-order valence-corrected chi connectivity index (χ1v) is 11.0. The van der Waals surface area contributed by atoms with E-state index in [1.807, 2.05) is 23.7 Å². The molecule has 160 valence electrons. The fourth-order valence-corrected chi connectivity index (χ4v) is 5.06. The molecule has 0 spiro atoms. The second kappa shape index (κ2) is 7.05. The Hall–Kier alpha value is -2.94. The Morgan fingerprint density at radius 2 is 2.13 bits per heavy atom. The number of rotatable bonds is 5. The summed E-state index contributed by atoms with van der Waals surface area (Å²) < 4.78 is 3.62. The third-order valence-electron chi connectivity index (χ3n) is 6.71. The van der Waals surface area contributed by atoms with Gasteiger partial charge in [-0.25, -0.2) is 14.6 Å². The predicted octanol–water partition coefficient (Wildman–Crippen LogP) is 1.98. The summed E-state index contributed by atoms with van der Waals surface area (Å²) in [7, 11) is 1.97. The van der Waals surface area contributed by atoms with Gasteiger partial charge in [0, 0.05) is 31.4 Å². The third kappa shape index (κ3) is 3.37. The first-order valence-electron chi connectivity index (χ1n) is 10.7. The van der Waals surface area contributed by atoms with E-state index in [-0.39, 0.29) is 17.6 Å². The van der Waals surface area contributed by atoms with Crippen LogP contribution in [0.2, 0.25) is 5.15 Å². The molecule has 0 bridgehead atoms. The molecule has 2 unspecified atom stereocenters. The molecule has 1 N–H and O–H groups in total. The van der Waals surface area contributed by atoms with E-state index in [9.17, 15) is 4.79 Å². The van der Waals surface area contributed by atoms with Gasteiger partial charge in [-0.3, -0.25) is 4.79 Å². The molecule has 0 aromatic carbocycles. The van der Waals surface area contributed by atoms with E-state index in [2.05, 4.69) is 30.5 Å². The van der Waals surface area contributed by atoms with E-state index in [1.165, 1.54) is 12.1 Å². The third-order valence-corrected chi connectivity index (χ3v) is 7.04. The Bertz CT molecular complexity index is 1160. The SMILES string of the molecule is Cn1cnc2c1CC[C@H]2NC(=O)c1cn(Cc2ccc(N3CC4CC4C3)nc2Cl)nn1. The molecule has 1 aliphatic heterocycles. The van der Waals surface area contributed by atoms with Crippen LogP contribution in [0, 0.1) is 11.8 Å². The molecule has 0 radical (unpaired) electrons. The fraction of sp³-hybridized carbons (Fsp3) is 0.476. The van der Waals surface area contributed by atoms with E-state index in [1.54, 1.807) is 17.2 Å². The van der Waals surface area contributed by atoms with Crippen LogP contribution in [0.4, 0.5) is 5.82 Å². The number of piperidine rings is 1. The summed E-state index contributed by atoms with van der Waals surface area (Å²) in [6.45, 7) is 2.57. The predicted molar refractivity (Wildman–Crippen MR) is 114 cm³/mol. The van der Waals surface area contributed by atoms with Crippen LogP contribution in [-0.4, -0.2) is 48.5 Å². The Kier molecular flexibility index (Phi) is 4.27. The van der Waals surface area contributed by atoms with Crippen LogP contribution in [0.25, 0.3) is 0 Å². The van der Waals surface area contributed by atoms with E-state index >= 15 is 0 Å². The maximum absolute atomic E-state index is 12.7. The zero-order valence-corrected chi connectivity index (χ0v) is 18.0. The Morgan fingerprint density at radius 3 is 2.94 bits per heavy atom. The molecule has 2 fully saturated rings. The number of carbonyl (C=O) groups excluding carboxylic acids is 1. The Morgan fingerprint density at radius 1 is 1.29 bits per heavy atom. The molecule has 3 aromatic rings. The first kappa shape index (κ1) is 18.8. The molecule has 1 amide bonds. The largest absolute Gasteiger partial charge is 0.356 e. The van der Waals surface area contributed by atoms with E-state index in [4.69, 9.17) is 11.6 Å². The zero-order chi connectivity index (χ0) is 21.1. The van der Waals surface area contributed by atoms with Crippen molar-refractivity contribution in [2.24, 2.45) is 18.9 Å². The highest BCUT2D eigenvalue weighted by Gasteiger charge is 2.45. The van der Waals surface area contributed by atoms with Crippen LogP contribution < -0.4 is 10.2 Å². The van der Waals surface area contributed by atoms with Gasteiger partial charge < -0.3 is 14.8 Å². The molecule has 3 atom stereocenters. The van der Waals surface area contributed by atoms with Gasteiger partial charge in [0.2, 0.25) is 0 Å². The second-order valence-corrected chi connectivity index (χ2v) is 9.19. The molecule has 9 nitrogen and oxygen atoms in total. The van der Waals surface area contributed by atoms with Crippen molar-refractivity contribution in [1.82, 2.24) is 34.8 Å². The van der Waals surface area contributed by atoms with Gasteiger partial charge in [-0.15, -0.1) is 5.10 Å². The van der Waals surface area contributed by atoms with Crippen LogP contribution in [0.1, 0.15) is 46.3 Å². The number of pyridine rings is 1. The smallest absolute Gasteiger partial charge is 0.274 e. The van der Waals surface area contributed by atoms with E-state index in [0.717, 1.165) is 54.8 Å². The molecular formula is C21H23ClN8O. The Balaban J connectivity index is 1.12.